The van der Waals surface area contributed by atoms with Crippen molar-refractivity contribution in [3.8, 4) is 22.6 Å². The van der Waals surface area contributed by atoms with Gasteiger partial charge in [0.1, 0.15) is 17.6 Å². The Hall–Kier alpha value is -3.66. The largest absolute Gasteiger partial charge is 0.494 e. The monoisotopic (exact) mass is 455 g/mol. The second-order valence-corrected chi connectivity index (χ2v) is 8.45. The van der Waals surface area contributed by atoms with E-state index in [1.54, 1.807) is 24.3 Å². The molecule has 1 atom stereocenters. The van der Waals surface area contributed by atoms with Crippen molar-refractivity contribution < 1.29 is 23.7 Å². The summed E-state index contributed by atoms with van der Waals surface area (Å²) in [6, 6.07) is 18.4. The molecule has 1 heterocycles. The number of benzene rings is 3. The number of hydrogen-bond donors (Lipinski definition) is 0. The summed E-state index contributed by atoms with van der Waals surface area (Å²) in [6.45, 7) is 10.0. The number of epoxide rings is 1. The lowest BCUT2D eigenvalue weighted by Crippen LogP contribution is -2.08. The highest BCUT2D eigenvalue weighted by atomic mass is 16.6. The first-order valence-corrected chi connectivity index (χ1v) is 11.5. The lowest BCUT2D eigenvalue weighted by molar-refractivity contribution is 0.0734. The SMILES string of the molecule is [C-]#[N+]c1ccc2c(c1)Cc1cc(OC(=O)c3ccc(OCCCCOCC4CO4)cc3)ccc1-2. The Labute approximate surface area is 198 Å². The summed E-state index contributed by atoms with van der Waals surface area (Å²) < 4.78 is 22.0. The van der Waals surface area contributed by atoms with Crippen molar-refractivity contribution in [1.82, 2.24) is 0 Å². The lowest BCUT2D eigenvalue weighted by Gasteiger charge is -2.09. The topological polar surface area (TPSA) is 61.7 Å². The van der Waals surface area contributed by atoms with Crippen LogP contribution in [0.5, 0.6) is 11.5 Å². The van der Waals surface area contributed by atoms with E-state index in [4.69, 9.17) is 25.5 Å². The Morgan fingerprint density at radius 3 is 2.41 bits per heavy atom. The number of fused-ring (bicyclic) bond motifs is 3. The van der Waals surface area contributed by atoms with E-state index in [0.29, 0.717) is 42.9 Å². The molecular formula is C28H25NO5. The van der Waals surface area contributed by atoms with Crippen LogP contribution in [0.15, 0.2) is 60.7 Å². The Morgan fingerprint density at radius 1 is 0.941 bits per heavy atom. The van der Waals surface area contributed by atoms with Gasteiger partial charge in [-0.25, -0.2) is 9.64 Å². The van der Waals surface area contributed by atoms with Crippen LogP contribution in [0.25, 0.3) is 16.0 Å². The van der Waals surface area contributed by atoms with Gasteiger partial charge in [-0.05, 0) is 77.9 Å². The number of nitrogens with zero attached hydrogens (tertiary/aromatic N) is 1. The van der Waals surface area contributed by atoms with E-state index in [-0.39, 0.29) is 0 Å². The molecule has 1 aliphatic heterocycles. The molecule has 1 fully saturated rings. The van der Waals surface area contributed by atoms with Crippen molar-refractivity contribution in [1.29, 1.82) is 0 Å². The molecule has 0 N–H and O–H groups in total. The highest BCUT2D eigenvalue weighted by molar-refractivity contribution is 5.91. The van der Waals surface area contributed by atoms with Crippen LogP contribution in [0, 0.1) is 6.57 Å². The van der Waals surface area contributed by atoms with Crippen LogP contribution in [0.1, 0.15) is 34.3 Å². The van der Waals surface area contributed by atoms with Crippen molar-refractivity contribution in [2.75, 3.05) is 26.4 Å². The van der Waals surface area contributed by atoms with Crippen LogP contribution in [-0.4, -0.2) is 38.5 Å². The van der Waals surface area contributed by atoms with Crippen LogP contribution in [0.4, 0.5) is 5.69 Å². The van der Waals surface area contributed by atoms with E-state index >= 15 is 0 Å². The van der Waals surface area contributed by atoms with Crippen molar-refractivity contribution in [2.45, 2.75) is 25.4 Å². The van der Waals surface area contributed by atoms with Gasteiger partial charge in [-0.2, -0.15) is 0 Å². The van der Waals surface area contributed by atoms with Gasteiger partial charge in [-0.3, -0.25) is 0 Å². The molecule has 3 aromatic carbocycles. The maximum absolute atomic E-state index is 12.6. The summed E-state index contributed by atoms with van der Waals surface area (Å²) in [5.74, 6) is 0.824. The predicted octanol–water partition coefficient (Wildman–Crippen LogP) is 5.60. The maximum atomic E-state index is 12.6. The van der Waals surface area contributed by atoms with Crippen molar-refractivity contribution in [3.63, 3.8) is 0 Å². The van der Waals surface area contributed by atoms with Crippen LogP contribution in [0.2, 0.25) is 0 Å². The fourth-order valence-corrected chi connectivity index (χ4v) is 4.03. The van der Waals surface area contributed by atoms with Crippen LogP contribution in [0.3, 0.4) is 0 Å². The summed E-state index contributed by atoms with van der Waals surface area (Å²) in [4.78, 5) is 16.1. The third-order valence-electron chi connectivity index (χ3n) is 5.92. The molecule has 0 aromatic heterocycles. The predicted molar refractivity (Wildman–Crippen MR) is 128 cm³/mol. The molecule has 0 radical (unpaired) electrons. The minimum Gasteiger partial charge on any atom is -0.494 e. The third-order valence-corrected chi connectivity index (χ3v) is 5.92. The summed E-state index contributed by atoms with van der Waals surface area (Å²) in [7, 11) is 0. The average Bonchev–Trinajstić information content (AvgIpc) is 3.62. The first kappa shape index (κ1) is 22.1. The highest BCUT2D eigenvalue weighted by Crippen LogP contribution is 2.40. The lowest BCUT2D eigenvalue weighted by atomic mass is 10.1. The first-order chi connectivity index (χ1) is 16.7. The summed E-state index contributed by atoms with van der Waals surface area (Å²) in [6.07, 6.45) is 2.87. The third kappa shape index (κ3) is 5.28. The van der Waals surface area contributed by atoms with Crippen molar-refractivity contribution in [2.24, 2.45) is 0 Å². The molecule has 172 valence electrons. The fraction of sp³-hybridized carbons (Fsp3) is 0.286. The number of carbonyl (C=O) groups is 1. The van der Waals surface area contributed by atoms with E-state index in [1.165, 1.54) is 0 Å². The number of ether oxygens (including phenoxy) is 4. The molecular weight excluding hydrogens is 430 g/mol. The van der Waals surface area contributed by atoms with Gasteiger partial charge in [-0.15, -0.1) is 0 Å². The van der Waals surface area contributed by atoms with Crippen LogP contribution < -0.4 is 9.47 Å². The van der Waals surface area contributed by atoms with Crippen LogP contribution >= 0.6 is 0 Å². The molecule has 0 spiro atoms. The first-order valence-electron chi connectivity index (χ1n) is 11.5. The zero-order valence-electron chi connectivity index (χ0n) is 18.8. The molecule has 5 rings (SSSR count). The normalized spacial score (nSPS) is 15.2. The average molecular weight is 456 g/mol. The molecule has 0 bridgehead atoms. The van der Waals surface area contributed by atoms with Gasteiger partial charge in [0, 0.05) is 6.61 Å². The molecule has 1 unspecified atom stereocenters. The second-order valence-electron chi connectivity index (χ2n) is 8.45. The Morgan fingerprint density at radius 2 is 1.65 bits per heavy atom. The zero-order valence-corrected chi connectivity index (χ0v) is 18.8. The van der Waals surface area contributed by atoms with E-state index < -0.39 is 5.97 Å². The smallest absolute Gasteiger partial charge is 0.343 e. The molecule has 6 nitrogen and oxygen atoms in total. The number of unbranched alkanes of at least 4 members (excludes halogenated alkanes) is 1. The number of rotatable bonds is 10. The highest BCUT2D eigenvalue weighted by Gasteiger charge is 2.22. The van der Waals surface area contributed by atoms with E-state index in [0.717, 1.165) is 53.9 Å². The molecule has 1 saturated heterocycles. The zero-order chi connectivity index (χ0) is 23.3. The quantitative estimate of drug-likeness (QED) is 0.102. The van der Waals surface area contributed by atoms with Gasteiger partial charge >= 0.3 is 5.97 Å². The maximum Gasteiger partial charge on any atom is 0.343 e. The van der Waals surface area contributed by atoms with Gasteiger partial charge in [-0.1, -0.05) is 24.3 Å². The van der Waals surface area contributed by atoms with Gasteiger partial charge < -0.3 is 18.9 Å². The van der Waals surface area contributed by atoms with E-state index in [2.05, 4.69) is 4.85 Å². The standard InChI is InChI=1S/C28H25NO5/c1-29-22-6-10-26-20(15-22)14-21-16-24(9-11-27(21)26)34-28(30)19-4-7-23(8-5-19)32-13-3-2-12-31-17-25-18-33-25/h4-11,15-16,25H,2-3,12-14,17-18H2. The molecule has 0 saturated carbocycles. The number of hydrogen-bond acceptors (Lipinski definition) is 5. The Kier molecular flexibility index (Phi) is 6.57. The van der Waals surface area contributed by atoms with Gasteiger partial charge in [0.05, 0.1) is 32.0 Å². The van der Waals surface area contributed by atoms with E-state index in [1.807, 2.05) is 36.4 Å². The number of esters is 1. The second kappa shape index (κ2) is 10.1. The fourth-order valence-electron chi connectivity index (χ4n) is 4.03. The molecule has 2 aliphatic rings. The van der Waals surface area contributed by atoms with Crippen molar-refractivity contribution in [3.05, 3.63) is 88.8 Å². The minimum absolute atomic E-state index is 0.306. The number of carbonyl (C=O) groups excluding carboxylic acids is 1. The minimum atomic E-state index is -0.408. The molecule has 1 aliphatic carbocycles. The Balaban J connectivity index is 1.11. The molecule has 34 heavy (non-hydrogen) atoms. The van der Waals surface area contributed by atoms with Gasteiger partial charge in [0.25, 0.3) is 0 Å². The molecule has 6 heteroatoms. The van der Waals surface area contributed by atoms with Gasteiger partial charge in [0.15, 0.2) is 5.69 Å². The van der Waals surface area contributed by atoms with Crippen molar-refractivity contribution >= 4 is 11.7 Å². The van der Waals surface area contributed by atoms with E-state index in [9.17, 15) is 4.79 Å². The van der Waals surface area contributed by atoms with Crippen LogP contribution in [-0.2, 0) is 15.9 Å². The Bertz CT molecular complexity index is 1220. The molecule has 0 amide bonds. The summed E-state index contributed by atoms with van der Waals surface area (Å²) in [5.41, 5.74) is 5.58. The summed E-state index contributed by atoms with van der Waals surface area (Å²) >= 11 is 0. The molecule has 3 aromatic rings. The van der Waals surface area contributed by atoms with Gasteiger partial charge in [0.2, 0.25) is 0 Å². The summed E-state index contributed by atoms with van der Waals surface area (Å²) in [5, 5.41) is 0.